The second-order valence-corrected chi connectivity index (χ2v) is 6.32. The zero-order chi connectivity index (χ0) is 18.0. The molecule has 0 radical (unpaired) electrons. The number of benzene rings is 1. The molecule has 1 unspecified atom stereocenters. The van der Waals surface area contributed by atoms with Gasteiger partial charge in [0.2, 0.25) is 0 Å². The lowest BCUT2D eigenvalue weighted by Gasteiger charge is -2.27. The second-order valence-electron chi connectivity index (χ2n) is 5.38. The topological polar surface area (TPSA) is 94.0 Å². The first-order chi connectivity index (χ1) is 12.0. The molecule has 0 fully saturated rings. The number of nitrogens with zero attached hydrogens (tertiary/aromatic N) is 1. The smallest absolute Gasteiger partial charge is 0.319 e. The summed E-state index contributed by atoms with van der Waals surface area (Å²) in [5.74, 6) is -0.825. The Kier molecular flexibility index (Phi) is 4.50. The van der Waals surface area contributed by atoms with Crippen molar-refractivity contribution >= 4 is 29.0 Å². The molecule has 25 heavy (non-hydrogen) atoms. The van der Waals surface area contributed by atoms with E-state index < -0.39 is 23.8 Å². The number of nitrogens with one attached hydrogen (secondary N) is 3. The van der Waals surface area contributed by atoms with E-state index in [0.717, 1.165) is 0 Å². The minimum atomic E-state index is -0.665. The standard InChI is InChI=1S/C17H13FN4O2S/c1-9-14(16(23)21-12-4-2-11(18)3-5-12)15(22-17(24)20-9)13-6-10(7-19)8-25-13/h2-6,8,15H,1H3,(H,21,23)(H2,20,22,24). The van der Waals surface area contributed by atoms with Crippen molar-refractivity contribution in [3.63, 3.8) is 0 Å². The van der Waals surface area contributed by atoms with Crippen molar-refractivity contribution in [3.05, 3.63) is 63.2 Å². The number of amides is 3. The minimum Gasteiger partial charge on any atom is -0.326 e. The fourth-order valence-corrected chi connectivity index (χ4v) is 3.39. The van der Waals surface area contributed by atoms with Crippen molar-refractivity contribution in [1.82, 2.24) is 10.6 Å². The first-order valence-corrected chi connectivity index (χ1v) is 8.19. The Hall–Kier alpha value is -3.18. The van der Waals surface area contributed by atoms with Crippen LogP contribution in [0.3, 0.4) is 0 Å². The summed E-state index contributed by atoms with van der Waals surface area (Å²) in [6.07, 6.45) is 0. The molecule has 0 saturated carbocycles. The van der Waals surface area contributed by atoms with Crippen molar-refractivity contribution in [2.45, 2.75) is 13.0 Å². The van der Waals surface area contributed by atoms with Gasteiger partial charge in [-0.05, 0) is 37.3 Å². The first-order valence-electron chi connectivity index (χ1n) is 7.31. The minimum absolute atomic E-state index is 0.329. The van der Waals surface area contributed by atoms with Crippen LogP contribution in [0.4, 0.5) is 14.9 Å². The van der Waals surface area contributed by atoms with E-state index in [1.807, 2.05) is 6.07 Å². The maximum Gasteiger partial charge on any atom is 0.319 e. The van der Waals surface area contributed by atoms with Gasteiger partial charge in [-0.3, -0.25) is 4.79 Å². The number of halogens is 1. The Morgan fingerprint density at radius 3 is 2.72 bits per heavy atom. The molecule has 1 aromatic carbocycles. The monoisotopic (exact) mass is 356 g/mol. The molecule has 1 aromatic heterocycles. The summed E-state index contributed by atoms with van der Waals surface area (Å²) in [6.45, 7) is 1.63. The fourth-order valence-electron chi connectivity index (χ4n) is 2.50. The molecule has 3 N–H and O–H groups in total. The van der Waals surface area contributed by atoms with Crippen molar-refractivity contribution in [2.24, 2.45) is 0 Å². The van der Waals surface area contributed by atoms with Gasteiger partial charge in [0, 0.05) is 21.6 Å². The highest BCUT2D eigenvalue weighted by Crippen LogP contribution is 2.31. The molecule has 1 aliphatic heterocycles. The maximum absolute atomic E-state index is 13.0. The number of rotatable bonds is 3. The summed E-state index contributed by atoms with van der Waals surface area (Å²) in [7, 11) is 0. The Morgan fingerprint density at radius 2 is 2.08 bits per heavy atom. The van der Waals surface area contributed by atoms with Crippen LogP contribution in [0.5, 0.6) is 0 Å². The van der Waals surface area contributed by atoms with Gasteiger partial charge in [0.1, 0.15) is 11.9 Å². The number of nitriles is 1. The normalized spacial score (nSPS) is 16.7. The van der Waals surface area contributed by atoms with Crippen LogP contribution in [0, 0.1) is 17.1 Å². The number of thiophene rings is 1. The van der Waals surface area contributed by atoms with Crippen LogP contribution in [0.25, 0.3) is 0 Å². The lowest BCUT2D eigenvalue weighted by Crippen LogP contribution is -2.45. The van der Waals surface area contributed by atoms with Crippen LogP contribution in [-0.4, -0.2) is 11.9 Å². The van der Waals surface area contributed by atoms with Gasteiger partial charge in [-0.2, -0.15) is 5.26 Å². The van der Waals surface area contributed by atoms with Gasteiger partial charge in [0.15, 0.2) is 0 Å². The Morgan fingerprint density at radius 1 is 1.36 bits per heavy atom. The van der Waals surface area contributed by atoms with Crippen LogP contribution in [0.1, 0.15) is 23.4 Å². The summed E-state index contributed by atoms with van der Waals surface area (Å²) in [6, 6.07) is 7.97. The summed E-state index contributed by atoms with van der Waals surface area (Å²) in [4.78, 5) is 25.2. The van der Waals surface area contributed by atoms with Gasteiger partial charge in [-0.25, -0.2) is 9.18 Å². The summed E-state index contributed by atoms with van der Waals surface area (Å²) >= 11 is 1.29. The van der Waals surface area contributed by atoms with E-state index in [9.17, 15) is 14.0 Å². The SMILES string of the molecule is CC1=C(C(=O)Nc2ccc(F)cc2)C(c2cc(C#N)cs2)NC(=O)N1. The molecule has 6 nitrogen and oxygen atoms in total. The predicted molar refractivity (Wildman–Crippen MR) is 91.2 cm³/mol. The summed E-state index contributed by atoms with van der Waals surface area (Å²) in [5.41, 5.74) is 1.64. The van der Waals surface area contributed by atoms with E-state index in [0.29, 0.717) is 27.4 Å². The van der Waals surface area contributed by atoms with Gasteiger partial charge in [-0.1, -0.05) is 0 Å². The van der Waals surface area contributed by atoms with Crippen molar-refractivity contribution in [2.75, 3.05) is 5.32 Å². The van der Waals surface area contributed by atoms with Crippen LogP contribution in [0.2, 0.25) is 0 Å². The van der Waals surface area contributed by atoms with Crippen LogP contribution in [-0.2, 0) is 4.79 Å². The highest BCUT2D eigenvalue weighted by Gasteiger charge is 2.32. The molecule has 1 atom stereocenters. The molecule has 3 rings (SSSR count). The molecule has 2 heterocycles. The first kappa shape index (κ1) is 16.7. The van der Waals surface area contributed by atoms with E-state index in [1.165, 1.54) is 35.6 Å². The third-order valence-electron chi connectivity index (χ3n) is 3.65. The van der Waals surface area contributed by atoms with Gasteiger partial charge >= 0.3 is 6.03 Å². The highest BCUT2D eigenvalue weighted by atomic mass is 32.1. The molecular formula is C17H13FN4O2S. The lowest BCUT2D eigenvalue weighted by molar-refractivity contribution is -0.113. The summed E-state index contributed by atoms with van der Waals surface area (Å²) in [5, 5.41) is 18.6. The van der Waals surface area contributed by atoms with E-state index >= 15 is 0 Å². The molecule has 2 aromatic rings. The quantitative estimate of drug-likeness (QED) is 0.789. The van der Waals surface area contributed by atoms with Gasteiger partial charge in [0.25, 0.3) is 5.91 Å². The van der Waals surface area contributed by atoms with E-state index in [4.69, 9.17) is 5.26 Å². The number of hydrogen-bond donors (Lipinski definition) is 3. The zero-order valence-electron chi connectivity index (χ0n) is 13.1. The number of allylic oxidation sites excluding steroid dienone is 1. The average molecular weight is 356 g/mol. The van der Waals surface area contributed by atoms with Crippen LogP contribution >= 0.6 is 11.3 Å². The van der Waals surface area contributed by atoms with E-state index in [1.54, 1.807) is 18.4 Å². The second kappa shape index (κ2) is 6.75. The lowest BCUT2D eigenvalue weighted by atomic mass is 10.00. The third-order valence-corrected chi connectivity index (χ3v) is 4.65. The molecule has 1 aliphatic rings. The van der Waals surface area contributed by atoms with E-state index in [2.05, 4.69) is 16.0 Å². The van der Waals surface area contributed by atoms with Gasteiger partial charge < -0.3 is 16.0 Å². The Balaban J connectivity index is 1.92. The zero-order valence-corrected chi connectivity index (χ0v) is 13.9. The average Bonchev–Trinajstić information content (AvgIpc) is 3.05. The summed E-state index contributed by atoms with van der Waals surface area (Å²) < 4.78 is 13.0. The number of carbonyl (C=O) groups excluding carboxylic acids is 2. The largest absolute Gasteiger partial charge is 0.326 e. The van der Waals surface area contributed by atoms with E-state index in [-0.39, 0.29) is 0 Å². The molecule has 0 aliphatic carbocycles. The Bertz CT molecular complexity index is 911. The van der Waals surface area contributed by atoms with Crippen LogP contribution < -0.4 is 16.0 Å². The molecule has 3 amide bonds. The fraction of sp³-hybridized carbons (Fsp3) is 0.118. The molecule has 8 heteroatoms. The molecule has 0 spiro atoms. The van der Waals surface area contributed by atoms with Crippen LogP contribution in [0.15, 0.2) is 47.0 Å². The molecule has 126 valence electrons. The number of carbonyl (C=O) groups is 2. The number of urea groups is 1. The molecule has 0 bridgehead atoms. The van der Waals surface area contributed by atoms with Crippen molar-refractivity contribution in [1.29, 1.82) is 5.26 Å². The molecule has 0 saturated heterocycles. The van der Waals surface area contributed by atoms with Gasteiger partial charge in [0.05, 0.1) is 17.2 Å². The van der Waals surface area contributed by atoms with Gasteiger partial charge in [-0.15, -0.1) is 11.3 Å². The van der Waals surface area contributed by atoms with Crippen molar-refractivity contribution in [3.8, 4) is 6.07 Å². The molecular weight excluding hydrogens is 343 g/mol. The maximum atomic E-state index is 13.0. The predicted octanol–water partition coefficient (Wildman–Crippen LogP) is 3.03. The number of anilines is 1. The van der Waals surface area contributed by atoms with Crippen molar-refractivity contribution < 1.29 is 14.0 Å². The highest BCUT2D eigenvalue weighted by molar-refractivity contribution is 7.10. The number of hydrogen-bond acceptors (Lipinski definition) is 4. The Labute approximate surface area is 147 Å². The third kappa shape index (κ3) is 3.51.